The number of fused-ring (bicyclic) bond motifs is 1. The van der Waals surface area contributed by atoms with Gasteiger partial charge in [0.15, 0.2) is 11.5 Å². The number of hydrogen-bond donors (Lipinski definition) is 2. The Hall–Kier alpha value is -4.11. The molecule has 1 atom stereocenters. The monoisotopic (exact) mass is 587 g/mol. The van der Waals surface area contributed by atoms with E-state index in [0.717, 1.165) is 27.9 Å². The molecule has 2 heterocycles. The van der Waals surface area contributed by atoms with Crippen molar-refractivity contribution < 1.29 is 14.3 Å². The van der Waals surface area contributed by atoms with Gasteiger partial charge in [-0.1, -0.05) is 48.0 Å². The number of nitrogens with zero attached hydrogens (tertiary/aromatic N) is 3. The highest BCUT2D eigenvalue weighted by Crippen LogP contribution is 2.43. The van der Waals surface area contributed by atoms with E-state index in [0.29, 0.717) is 46.4 Å². The predicted molar refractivity (Wildman–Crippen MR) is 155 cm³/mol. The normalized spacial score (nSPS) is 14.4. The lowest BCUT2D eigenvalue weighted by Gasteiger charge is -2.29. The number of nitrogens with one attached hydrogen (secondary N) is 2. The van der Waals surface area contributed by atoms with Gasteiger partial charge in [0.1, 0.15) is 19.0 Å². The number of aromatic nitrogens is 3. The number of aryl methyl sites for hydroxylation is 2. The Labute approximate surface area is 236 Å². The van der Waals surface area contributed by atoms with E-state index in [1.165, 1.54) is 6.33 Å². The highest BCUT2D eigenvalue weighted by Gasteiger charge is 2.34. The van der Waals surface area contributed by atoms with Gasteiger partial charge in [0.2, 0.25) is 5.95 Å². The molecule has 1 aliphatic rings. The molecule has 3 aromatic carbocycles. The molecule has 5 rings (SSSR count). The van der Waals surface area contributed by atoms with Crippen LogP contribution in [0.15, 0.2) is 82.7 Å². The minimum atomic E-state index is -0.548. The number of amides is 1. The van der Waals surface area contributed by atoms with Crippen molar-refractivity contribution in [2.45, 2.75) is 40.3 Å². The first-order valence-electron chi connectivity index (χ1n) is 12.7. The standard InChI is InChI=1S/C30H30BrN5O3/c1-5-38-25-15-22(14-23(31)28(25)39-16-21-9-7-6-8-10-21)27-26(20(4)34-30-32-17-33-36(27)30)29(37)35-24-12-11-18(2)13-19(24)3/h6-15,17,27H,5,16H2,1-4H3,(H,35,37)(H,32,33,34). The van der Waals surface area contributed by atoms with Crippen molar-refractivity contribution in [2.24, 2.45) is 0 Å². The summed E-state index contributed by atoms with van der Waals surface area (Å²) in [6, 6.07) is 19.2. The van der Waals surface area contributed by atoms with E-state index >= 15 is 0 Å². The van der Waals surface area contributed by atoms with Crippen LogP contribution in [0.1, 0.15) is 42.1 Å². The summed E-state index contributed by atoms with van der Waals surface area (Å²) in [6.45, 7) is 8.65. The number of halogens is 1. The number of carbonyl (C=O) groups is 1. The van der Waals surface area contributed by atoms with Crippen molar-refractivity contribution in [3.8, 4) is 11.5 Å². The molecule has 1 unspecified atom stereocenters. The zero-order valence-corrected chi connectivity index (χ0v) is 23.9. The number of carbonyl (C=O) groups excluding carboxylic acids is 1. The van der Waals surface area contributed by atoms with E-state index in [4.69, 9.17) is 9.47 Å². The molecule has 0 spiro atoms. The van der Waals surface area contributed by atoms with Gasteiger partial charge in [-0.25, -0.2) is 4.68 Å². The molecule has 1 amide bonds. The Kier molecular flexibility index (Phi) is 7.70. The van der Waals surface area contributed by atoms with Crippen LogP contribution < -0.4 is 20.1 Å². The second-order valence-electron chi connectivity index (χ2n) is 9.40. The van der Waals surface area contributed by atoms with Crippen LogP contribution in [-0.4, -0.2) is 27.3 Å². The maximum absolute atomic E-state index is 13.8. The van der Waals surface area contributed by atoms with E-state index < -0.39 is 6.04 Å². The number of anilines is 2. The van der Waals surface area contributed by atoms with Gasteiger partial charge < -0.3 is 20.1 Å². The number of benzene rings is 3. The molecule has 0 saturated heterocycles. The van der Waals surface area contributed by atoms with Crippen LogP contribution in [0.3, 0.4) is 0 Å². The maximum Gasteiger partial charge on any atom is 0.255 e. The largest absolute Gasteiger partial charge is 0.490 e. The van der Waals surface area contributed by atoms with E-state index in [-0.39, 0.29) is 5.91 Å². The molecule has 0 bridgehead atoms. The van der Waals surface area contributed by atoms with Crippen molar-refractivity contribution in [1.82, 2.24) is 14.8 Å². The van der Waals surface area contributed by atoms with Crippen LogP contribution in [0.2, 0.25) is 0 Å². The molecule has 0 fully saturated rings. The summed E-state index contributed by atoms with van der Waals surface area (Å²) in [5, 5.41) is 10.8. The fourth-order valence-electron chi connectivity index (χ4n) is 4.72. The number of hydrogen-bond acceptors (Lipinski definition) is 6. The lowest BCUT2D eigenvalue weighted by molar-refractivity contribution is -0.113. The average molecular weight is 589 g/mol. The van der Waals surface area contributed by atoms with Crippen LogP contribution in [0.4, 0.5) is 11.6 Å². The molecule has 9 heteroatoms. The Bertz CT molecular complexity index is 1550. The third-order valence-corrected chi connectivity index (χ3v) is 7.13. The van der Waals surface area contributed by atoms with Gasteiger partial charge in [-0.3, -0.25) is 4.79 Å². The highest BCUT2D eigenvalue weighted by atomic mass is 79.9. The highest BCUT2D eigenvalue weighted by molar-refractivity contribution is 9.10. The summed E-state index contributed by atoms with van der Waals surface area (Å²) in [7, 11) is 0. The van der Waals surface area contributed by atoms with Crippen molar-refractivity contribution in [2.75, 3.05) is 17.2 Å². The average Bonchev–Trinajstić information content (AvgIpc) is 3.37. The summed E-state index contributed by atoms with van der Waals surface area (Å²) in [6.07, 6.45) is 1.48. The van der Waals surface area contributed by atoms with Crippen molar-refractivity contribution in [1.29, 1.82) is 0 Å². The number of allylic oxidation sites excluding steroid dienone is 1. The Morgan fingerprint density at radius 3 is 2.62 bits per heavy atom. The minimum absolute atomic E-state index is 0.225. The second-order valence-corrected chi connectivity index (χ2v) is 10.3. The van der Waals surface area contributed by atoms with Gasteiger partial charge in [-0.05, 0) is 78.5 Å². The van der Waals surface area contributed by atoms with Crippen molar-refractivity contribution in [3.05, 3.63) is 105 Å². The smallest absolute Gasteiger partial charge is 0.255 e. The summed E-state index contributed by atoms with van der Waals surface area (Å²) < 4.78 is 14.6. The van der Waals surface area contributed by atoms with Gasteiger partial charge in [-0.15, -0.1) is 0 Å². The van der Waals surface area contributed by atoms with E-state index in [2.05, 4.69) is 36.6 Å². The Balaban J connectivity index is 1.54. The van der Waals surface area contributed by atoms with Gasteiger partial charge in [-0.2, -0.15) is 10.1 Å². The number of ether oxygens (including phenoxy) is 2. The van der Waals surface area contributed by atoms with Crippen LogP contribution in [-0.2, 0) is 11.4 Å². The van der Waals surface area contributed by atoms with Crippen LogP contribution >= 0.6 is 15.9 Å². The minimum Gasteiger partial charge on any atom is -0.490 e. The van der Waals surface area contributed by atoms with E-state index in [1.54, 1.807) is 4.68 Å². The SMILES string of the molecule is CCOc1cc(C2C(C(=O)Nc3ccc(C)cc3C)=C(C)Nc3ncnn32)cc(Br)c1OCc1ccccc1. The summed E-state index contributed by atoms with van der Waals surface area (Å²) >= 11 is 3.70. The Morgan fingerprint density at radius 1 is 1.08 bits per heavy atom. The van der Waals surface area contributed by atoms with Crippen LogP contribution in [0, 0.1) is 13.8 Å². The second kappa shape index (κ2) is 11.3. The summed E-state index contributed by atoms with van der Waals surface area (Å²) in [5.41, 5.74) is 5.95. The zero-order valence-electron chi connectivity index (χ0n) is 22.3. The van der Waals surface area contributed by atoms with Gasteiger partial charge in [0, 0.05) is 11.4 Å². The van der Waals surface area contributed by atoms with Crippen LogP contribution in [0.25, 0.3) is 0 Å². The molecular weight excluding hydrogens is 558 g/mol. The first kappa shape index (κ1) is 26.5. The topological polar surface area (TPSA) is 90.3 Å². The predicted octanol–water partition coefficient (Wildman–Crippen LogP) is 6.56. The first-order valence-corrected chi connectivity index (χ1v) is 13.5. The number of rotatable bonds is 8. The fraction of sp³-hybridized carbons (Fsp3) is 0.233. The van der Waals surface area contributed by atoms with Gasteiger partial charge in [0.05, 0.1) is 16.7 Å². The molecule has 0 saturated carbocycles. The molecule has 2 N–H and O–H groups in total. The third kappa shape index (κ3) is 5.54. The first-order chi connectivity index (χ1) is 18.9. The molecule has 8 nitrogen and oxygen atoms in total. The van der Waals surface area contributed by atoms with E-state index in [1.807, 2.05) is 88.4 Å². The fourth-order valence-corrected chi connectivity index (χ4v) is 5.29. The lowest BCUT2D eigenvalue weighted by Crippen LogP contribution is -2.31. The van der Waals surface area contributed by atoms with Crippen LogP contribution in [0.5, 0.6) is 11.5 Å². The molecule has 39 heavy (non-hydrogen) atoms. The summed E-state index contributed by atoms with van der Waals surface area (Å²) in [5.74, 6) is 1.50. The summed E-state index contributed by atoms with van der Waals surface area (Å²) in [4.78, 5) is 18.2. The molecule has 1 aromatic heterocycles. The maximum atomic E-state index is 13.8. The molecule has 1 aliphatic heterocycles. The van der Waals surface area contributed by atoms with E-state index in [9.17, 15) is 4.79 Å². The zero-order chi connectivity index (χ0) is 27.5. The molecule has 0 aliphatic carbocycles. The molecule has 4 aromatic rings. The van der Waals surface area contributed by atoms with Crippen molar-refractivity contribution >= 4 is 33.5 Å². The quantitative estimate of drug-likeness (QED) is 0.242. The molecule has 0 radical (unpaired) electrons. The van der Waals surface area contributed by atoms with Gasteiger partial charge in [0.25, 0.3) is 5.91 Å². The van der Waals surface area contributed by atoms with Crippen molar-refractivity contribution in [3.63, 3.8) is 0 Å². The third-order valence-electron chi connectivity index (χ3n) is 6.54. The molecular formula is C30H30BrN5O3. The van der Waals surface area contributed by atoms with Gasteiger partial charge >= 0.3 is 0 Å². The molecule has 200 valence electrons. The lowest BCUT2D eigenvalue weighted by atomic mass is 9.94. The Morgan fingerprint density at radius 2 is 1.87 bits per heavy atom.